The Bertz CT molecular complexity index is 251. The summed E-state index contributed by atoms with van der Waals surface area (Å²) in [7, 11) is 0. The van der Waals surface area contributed by atoms with Crippen molar-refractivity contribution in [2.45, 2.75) is 39.9 Å². The van der Waals surface area contributed by atoms with Crippen molar-refractivity contribution >= 4 is 11.9 Å². The molecule has 18 heavy (non-hydrogen) atoms. The van der Waals surface area contributed by atoms with E-state index in [2.05, 4.69) is 0 Å². The Balaban J connectivity index is 3.87. The molecule has 0 saturated carbocycles. The Kier molecular flexibility index (Phi) is 9.22. The molecule has 106 valence electrons. The summed E-state index contributed by atoms with van der Waals surface area (Å²) in [5.74, 6) is -0.721. The third kappa shape index (κ3) is 11.3. The molecule has 0 aromatic carbocycles. The number of carbonyl (C=O) groups excluding carboxylic acids is 2. The third-order valence-corrected chi connectivity index (χ3v) is 1.83. The predicted molar refractivity (Wildman–Crippen MR) is 64.1 cm³/mol. The summed E-state index contributed by atoms with van der Waals surface area (Å²) in [6.45, 7) is 7.34. The van der Waals surface area contributed by atoms with Crippen molar-refractivity contribution in [2.75, 3.05) is 26.4 Å². The number of esters is 2. The van der Waals surface area contributed by atoms with E-state index in [4.69, 9.17) is 18.9 Å². The van der Waals surface area contributed by atoms with Gasteiger partial charge in [0.1, 0.15) is 19.3 Å². The minimum absolute atomic E-state index is 0.0712. The fourth-order valence-electron chi connectivity index (χ4n) is 1.05. The molecule has 0 amide bonds. The molecule has 0 aromatic rings. The Morgan fingerprint density at radius 2 is 1.50 bits per heavy atom. The Morgan fingerprint density at radius 1 is 0.889 bits per heavy atom. The lowest BCUT2D eigenvalue weighted by atomic mass is 10.4. The fraction of sp³-hybridized carbons (Fsp3) is 0.833. The van der Waals surface area contributed by atoms with Gasteiger partial charge >= 0.3 is 11.9 Å². The summed E-state index contributed by atoms with van der Waals surface area (Å²) in [6, 6.07) is 0. The van der Waals surface area contributed by atoms with Gasteiger partial charge in [0.25, 0.3) is 0 Å². The second-order valence-electron chi connectivity index (χ2n) is 4.02. The summed E-state index contributed by atoms with van der Waals surface area (Å²) in [5.41, 5.74) is 0. The van der Waals surface area contributed by atoms with Gasteiger partial charge in [-0.2, -0.15) is 0 Å². The summed E-state index contributed by atoms with van der Waals surface area (Å²) >= 11 is 0. The monoisotopic (exact) mass is 262 g/mol. The standard InChI is InChI=1S/C12H22O6/c1-9(2)17-7-12(8-18-11(4)14)16-6-5-15-10(3)13/h9,12H,5-8H2,1-4H3. The second-order valence-corrected chi connectivity index (χ2v) is 4.02. The molecule has 0 aliphatic rings. The molecule has 0 bridgehead atoms. The highest BCUT2D eigenvalue weighted by Crippen LogP contribution is 1.99. The van der Waals surface area contributed by atoms with Crippen LogP contribution in [0.4, 0.5) is 0 Å². The first kappa shape index (κ1) is 16.9. The lowest BCUT2D eigenvalue weighted by molar-refractivity contribution is -0.150. The molecule has 0 N–H and O–H groups in total. The van der Waals surface area contributed by atoms with Gasteiger partial charge in [0.2, 0.25) is 0 Å². The first-order valence-electron chi connectivity index (χ1n) is 5.91. The zero-order chi connectivity index (χ0) is 14.0. The van der Waals surface area contributed by atoms with E-state index in [1.807, 2.05) is 13.8 Å². The summed E-state index contributed by atoms with van der Waals surface area (Å²) in [5, 5.41) is 0. The third-order valence-electron chi connectivity index (χ3n) is 1.83. The van der Waals surface area contributed by atoms with Gasteiger partial charge in [-0.1, -0.05) is 0 Å². The lowest BCUT2D eigenvalue weighted by Gasteiger charge is -2.19. The molecule has 0 saturated heterocycles. The quantitative estimate of drug-likeness (QED) is 0.454. The average Bonchev–Trinajstić information content (AvgIpc) is 2.25. The summed E-state index contributed by atoms with van der Waals surface area (Å²) in [4.78, 5) is 21.3. The van der Waals surface area contributed by atoms with Crippen LogP contribution in [-0.2, 0) is 28.5 Å². The van der Waals surface area contributed by atoms with Crippen molar-refractivity contribution in [3.8, 4) is 0 Å². The molecule has 0 aliphatic carbocycles. The zero-order valence-electron chi connectivity index (χ0n) is 11.4. The molecule has 0 spiro atoms. The Labute approximate surface area is 108 Å². The molecule has 6 nitrogen and oxygen atoms in total. The number of rotatable bonds is 9. The molecule has 0 rings (SSSR count). The van der Waals surface area contributed by atoms with Gasteiger partial charge in [-0.3, -0.25) is 9.59 Å². The van der Waals surface area contributed by atoms with Gasteiger partial charge in [0.05, 0.1) is 19.3 Å². The first-order valence-corrected chi connectivity index (χ1v) is 5.91. The molecule has 0 radical (unpaired) electrons. The van der Waals surface area contributed by atoms with Crippen LogP contribution in [0.25, 0.3) is 0 Å². The maximum atomic E-state index is 10.7. The topological polar surface area (TPSA) is 71.1 Å². The normalized spacial score (nSPS) is 12.3. The van der Waals surface area contributed by atoms with E-state index in [1.54, 1.807) is 0 Å². The van der Waals surface area contributed by atoms with Crippen molar-refractivity contribution in [1.82, 2.24) is 0 Å². The van der Waals surface area contributed by atoms with E-state index in [0.717, 1.165) is 0 Å². The highest BCUT2D eigenvalue weighted by molar-refractivity contribution is 5.66. The number of carbonyl (C=O) groups is 2. The summed E-state index contributed by atoms with van der Waals surface area (Å²) < 4.78 is 20.4. The van der Waals surface area contributed by atoms with Crippen LogP contribution in [0.5, 0.6) is 0 Å². The van der Waals surface area contributed by atoms with Gasteiger partial charge < -0.3 is 18.9 Å². The molecule has 0 aliphatic heterocycles. The van der Waals surface area contributed by atoms with Crippen molar-refractivity contribution in [2.24, 2.45) is 0 Å². The van der Waals surface area contributed by atoms with E-state index in [-0.39, 0.29) is 44.0 Å². The van der Waals surface area contributed by atoms with Crippen LogP contribution in [0.15, 0.2) is 0 Å². The smallest absolute Gasteiger partial charge is 0.302 e. The molecule has 1 unspecified atom stereocenters. The maximum absolute atomic E-state index is 10.7. The minimum atomic E-state index is -0.367. The average molecular weight is 262 g/mol. The van der Waals surface area contributed by atoms with Gasteiger partial charge in [-0.25, -0.2) is 0 Å². The molecule has 0 aromatic heterocycles. The largest absolute Gasteiger partial charge is 0.463 e. The highest BCUT2D eigenvalue weighted by atomic mass is 16.6. The van der Waals surface area contributed by atoms with Crippen molar-refractivity contribution in [3.05, 3.63) is 0 Å². The molecule has 0 heterocycles. The molecule has 1 atom stereocenters. The molecule has 6 heteroatoms. The van der Waals surface area contributed by atoms with Crippen LogP contribution in [0.2, 0.25) is 0 Å². The van der Waals surface area contributed by atoms with Crippen molar-refractivity contribution in [1.29, 1.82) is 0 Å². The van der Waals surface area contributed by atoms with E-state index in [9.17, 15) is 9.59 Å². The Hall–Kier alpha value is -1.14. The summed E-state index contributed by atoms with van der Waals surface area (Å²) in [6.07, 6.45) is -0.284. The predicted octanol–water partition coefficient (Wildman–Crippen LogP) is 0.923. The maximum Gasteiger partial charge on any atom is 0.302 e. The van der Waals surface area contributed by atoms with Crippen molar-refractivity contribution in [3.63, 3.8) is 0 Å². The van der Waals surface area contributed by atoms with E-state index in [0.29, 0.717) is 6.61 Å². The van der Waals surface area contributed by atoms with Crippen LogP contribution < -0.4 is 0 Å². The lowest BCUT2D eigenvalue weighted by Crippen LogP contribution is -2.29. The molecular weight excluding hydrogens is 240 g/mol. The van der Waals surface area contributed by atoms with Crippen LogP contribution in [0.3, 0.4) is 0 Å². The van der Waals surface area contributed by atoms with Gasteiger partial charge in [0, 0.05) is 13.8 Å². The molecular formula is C12H22O6. The number of hydrogen-bond donors (Lipinski definition) is 0. The highest BCUT2D eigenvalue weighted by Gasteiger charge is 2.12. The zero-order valence-corrected chi connectivity index (χ0v) is 11.4. The van der Waals surface area contributed by atoms with E-state index >= 15 is 0 Å². The van der Waals surface area contributed by atoms with Gasteiger partial charge in [0.15, 0.2) is 0 Å². The van der Waals surface area contributed by atoms with Gasteiger partial charge in [-0.15, -0.1) is 0 Å². The first-order chi connectivity index (χ1) is 8.41. The van der Waals surface area contributed by atoms with Gasteiger partial charge in [-0.05, 0) is 13.8 Å². The SMILES string of the molecule is CC(=O)OCCOC(COC(C)=O)COC(C)C. The second kappa shape index (κ2) is 9.85. The van der Waals surface area contributed by atoms with Crippen LogP contribution in [-0.4, -0.2) is 50.6 Å². The Morgan fingerprint density at radius 3 is 2.00 bits per heavy atom. The van der Waals surface area contributed by atoms with E-state index < -0.39 is 0 Å². The molecule has 0 fully saturated rings. The number of ether oxygens (including phenoxy) is 4. The number of hydrogen-bond acceptors (Lipinski definition) is 6. The van der Waals surface area contributed by atoms with Crippen LogP contribution >= 0.6 is 0 Å². The van der Waals surface area contributed by atoms with Crippen LogP contribution in [0.1, 0.15) is 27.7 Å². The van der Waals surface area contributed by atoms with E-state index in [1.165, 1.54) is 13.8 Å². The fourth-order valence-corrected chi connectivity index (χ4v) is 1.05. The van der Waals surface area contributed by atoms with Crippen molar-refractivity contribution < 1.29 is 28.5 Å². The van der Waals surface area contributed by atoms with Crippen LogP contribution in [0, 0.1) is 0 Å². The minimum Gasteiger partial charge on any atom is -0.463 e.